The molecule has 0 saturated heterocycles. The van der Waals surface area contributed by atoms with Crippen molar-refractivity contribution in [3.63, 3.8) is 0 Å². The zero-order chi connectivity index (χ0) is 67.2. The van der Waals surface area contributed by atoms with Gasteiger partial charge in [-0.15, -0.1) is 0 Å². The van der Waals surface area contributed by atoms with Gasteiger partial charge in [-0.3, -0.25) is 38.4 Å². The van der Waals surface area contributed by atoms with Crippen LogP contribution < -0.4 is 19.6 Å². The fourth-order valence-electron chi connectivity index (χ4n) is 15.7. The third-order valence-corrected chi connectivity index (χ3v) is 20.4. The molecule has 12 aromatic rings. The van der Waals surface area contributed by atoms with Gasteiger partial charge >= 0.3 is 0 Å². The lowest BCUT2D eigenvalue weighted by Gasteiger charge is -2.34. The number of carbonyl (C=O) groups is 8. The Hall–Kier alpha value is -12.5. The molecule has 98 heavy (non-hydrogen) atoms. The van der Waals surface area contributed by atoms with Crippen LogP contribution in [0.5, 0.6) is 0 Å². The molecule has 0 N–H and O–H groups in total. The van der Waals surface area contributed by atoms with Crippen LogP contribution in [0.3, 0.4) is 0 Å². The molecule has 0 aromatic heterocycles. The van der Waals surface area contributed by atoms with E-state index in [0.29, 0.717) is 56.1 Å². The molecule has 12 nitrogen and oxygen atoms in total. The average Bonchev–Trinajstić information content (AvgIpc) is 1.53. The van der Waals surface area contributed by atoms with Crippen molar-refractivity contribution in [2.45, 2.75) is 31.6 Å². The Morgan fingerprint density at radius 3 is 0.765 bits per heavy atom. The summed E-state index contributed by atoms with van der Waals surface area (Å²) >= 11 is 6.33. The monoisotopic (exact) mass is 1290 g/mol. The van der Waals surface area contributed by atoms with E-state index in [1.165, 1.54) is 19.6 Å². The molecule has 0 saturated carbocycles. The van der Waals surface area contributed by atoms with Crippen LogP contribution in [0, 0.1) is 20.8 Å². The Labute approximate surface area is 567 Å². The zero-order valence-electron chi connectivity index (χ0n) is 52.8. The van der Waals surface area contributed by atoms with Crippen LogP contribution in [-0.4, -0.2) is 47.3 Å². The molecule has 0 radical (unpaired) electrons. The molecular formula is C85H53ClN4O8. The molecule has 6 aliphatic rings. The van der Waals surface area contributed by atoms with Gasteiger partial charge in [0.15, 0.2) is 0 Å². The summed E-state index contributed by atoms with van der Waals surface area (Å²) in [7, 11) is 0. The van der Waals surface area contributed by atoms with E-state index in [1.54, 1.807) is 66.7 Å². The molecule has 12 aromatic carbocycles. The Kier molecular flexibility index (Phi) is 13.3. The normalized spacial score (nSPS) is 15.4. The van der Waals surface area contributed by atoms with Crippen LogP contribution in [-0.2, 0) is 10.8 Å². The molecular weight excluding hydrogens is 1240 g/mol. The molecule has 18 rings (SSSR count). The van der Waals surface area contributed by atoms with E-state index in [9.17, 15) is 38.4 Å². The first-order chi connectivity index (χ1) is 47.6. The lowest BCUT2D eigenvalue weighted by Crippen LogP contribution is -2.31. The average molecular weight is 1290 g/mol. The minimum atomic E-state index is -0.783. The summed E-state index contributed by atoms with van der Waals surface area (Å²) in [6.45, 7) is 5.70. The summed E-state index contributed by atoms with van der Waals surface area (Å²) in [4.78, 5) is 112. The van der Waals surface area contributed by atoms with E-state index in [0.717, 1.165) is 83.5 Å². The van der Waals surface area contributed by atoms with Gasteiger partial charge in [-0.1, -0.05) is 198 Å². The summed E-state index contributed by atoms with van der Waals surface area (Å²) in [5, 5.41) is 0.243. The molecule has 4 aliphatic heterocycles. The van der Waals surface area contributed by atoms with E-state index in [1.807, 2.05) is 172 Å². The van der Waals surface area contributed by atoms with Gasteiger partial charge in [0.25, 0.3) is 47.3 Å². The van der Waals surface area contributed by atoms with E-state index < -0.39 is 22.6 Å². The second kappa shape index (κ2) is 22.0. The maximum atomic E-state index is 13.4. The number of hydrogen-bond acceptors (Lipinski definition) is 8. The van der Waals surface area contributed by atoms with Crippen molar-refractivity contribution in [3.05, 3.63) is 378 Å². The van der Waals surface area contributed by atoms with Gasteiger partial charge in [-0.05, 0) is 185 Å². The van der Waals surface area contributed by atoms with Crippen molar-refractivity contribution in [2.24, 2.45) is 0 Å². The maximum absolute atomic E-state index is 13.4. The highest BCUT2D eigenvalue weighted by Crippen LogP contribution is 2.58. The molecule has 13 heteroatoms. The largest absolute Gasteiger partial charge is 0.268 e. The van der Waals surface area contributed by atoms with Gasteiger partial charge in [-0.25, -0.2) is 19.6 Å². The van der Waals surface area contributed by atoms with Crippen LogP contribution in [0.15, 0.2) is 267 Å². The maximum Gasteiger partial charge on any atom is 0.267 e. The number of benzene rings is 12. The Balaban J connectivity index is 0.000000147. The van der Waals surface area contributed by atoms with Crippen LogP contribution in [0.4, 0.5) is 22.7 Å². The first-order valence-electron chi connectivity index (χ1n) is 32.1. The first-order valence-corrected chi connectivity index (χ1v) is 32.4. The van der Waals surface area contributed by atoms with E-state index in [-0.39, 0.29) is 51.6 Å². The number of hydrogen-bond donors (Lipinski definition) is 0. The van der Waals surface area contributed by atoms with Gasteiger partial charge in [-0.2, -0.15) is 0 Å². The van der Waals surface area contributed by atoms with Crippen molar-refractivity contribution in [3.8, 4) is 22.3 Å². The highest BCUT2D eigenvalue weighted by atomic mass is 35.5. The van der Waals surface area contributed by atoms with Gasteiger partial charge in [0, 0.05) is 0 Å². The molecule has 8 amide bonds. The van der Waals surface area contributed by atoms with Gasteiger partial charge in [0.05, 0.1) is 83.1 Å². The summed E-state index contributed by atoms with van der Waals surface area (Å²) in [5.74, 6) is -2.89. The lowest BCUT2D eigenvalue weighted by atomic mass is 9.67. The van der Waals surface area contributed by atoms with Crippen molar-refractivity contribution >= 4 is 81.6 Å². The van der Waals surface area contributed by atoms with Crippen molar-refractivity contribution in [1.29, 1.82) is 0 Å². The quantitative estimate of drug-likeness (QED) is 0.137. The van der Waals surface area contributed by atoms with Crippen molar-refractivity contribution in [2.75, 3.05) is 19.6 Å². The van der Waals surface area contributed by atoms with Crippen LogP contribution in [0.1, 0.15) is 144 Å². The zero-order valence-corrected chi connectivity index (χ0v) is 53.6. The Morgan fingerprint density at radius 2 is 0.480 bits per heavy atom. The minimum Gasteiger partial charge on any atom is -0.268 e. The smallest absolute Gasteiger partial charge is 0.267 e. The fraction of sp³-hybridized carbons (Fsp3) is 0.0588. The SMILES string of the molecule is Cc1ccc2c(c1)C(=O)N(c1ccc(C3(c4ccc(N5C(=O)c6ccc(C)cc6C5=O)cc4)c4ccccc4-c4ccccc43)cc1)C2=O.Cc1ccc2c(c1)C(=O)N(c1ccc(C3(c4ccc(N5C(=O)c6cccc(Cl)c6C5=O)cc4)c4ccccc4-c4ccccc43)cc1)C2=O. The predicted molar refractivity (Wildman–Crippen MR) is 377 cm³/mol. The number of aryl methyl sites for hydroxylation is 3. The first kappa shape index (κ1) is 59.2. The van der Waals surface area contributed by atoms with Gasteiger partial charge < -0.3 is 0 Å². The molecule has 0 atom stereocenters. The molecule has 0 fully saturated rings. The molecule has 0 spiro atoms. The highest BCUT2D eigenvalue weighted by Gasteiger charge is 2.49. The Bertz CT molecular complexity index is 5360. The van der Waals surface area contributed by atoms with Crippen molar-refractivity contribution in [1.82, 2.24) is 0 Å². The molecule has 2 aliphatic carbocycles. The second-order valence-corrected chi connectivity index (χ2v) is 25.9. The molecule has 0 unspecified atom stereocenters. The van der Waals surface area contributed by atoms with E-state index in [2.05, 4.69) is 48.5 Å². The number of halogens is 1. The van der Waals surface area contributed by atoms with E-state index >= 15 is 0 Å². The number of anilines is 4. The van der Waals surface area contributed by atoms with Crippen molar-refractivity contribution < 1.29 is 38.4 Å². The number of imide groups is 4. The highest BCUT2D eigenvalue weighted by molar-refractivity contribution is 6.42. The third kappa shape index (κ3) is 8.37. The second-order valence-electron chi connectivity index (χ2n) is 25.5. The van der Waals surface area contributed by atoms with Crippen LogP contribution >= 0.6 is 11.6 Å². The topological polar surface area (TPSA) is 150 Å². The molecule has 468 valence electrons. The van der Waals surface area contributed by atoms with E-state index in [4.69, 9.17) is 11.6 Å². The number of carbonyl (C=O) groups excluding carboxylic acids is 8. The fourth-order valence-corrected chi connectivity index (χ4v) is 16.0. The standard InChI is InChI=1S/C43H28N2O4.C42H25ClN2O4/c1-25-11-21-33-35(23-25)41(48)44(39(33)46)29-17-13-27(14-18-29)43(37-9-5-3-7-31(37)32-8-4-6-10-38(32)43)28-15-19-30(20-16-28)45-40(47)34-22-12-26(2)24-36(34)42(45)49;1-24-13-22-31-33(23-24)40(48)44(38(31)46)27-18-14-25(15-19-27)42(34-10-4-2-7-29(34)30-8-3-5-11-35(30)42)26-16-20-28(21-17-26)45-39(47)32-9-6-12-36(43)37(32)41(45)49/h3-24H,1-2H3;2-23H,1H3. The van der Waals surface area contributed by atoms with Gasteiger partial charge in [0.2, 0.25) is 0 Å². The summed E-state index contributed by atoms with van der Waals surface area (Å²) in [6, 6.07) is 84.5. The number of amides is 8. The lowest BCUT2D eigenvalue weighted by molar-refractivity contribution is 0.0910. The molecule has 0 bridgehead atoms. The Morgan fingerprint density at radius 1 is 0.235 bits per heavy atom. The number of rotatable bonds is 8. The summed E-state index contributed by atoms with van der Waals surface area (Å²) in [6.07, 6.45) is 0. The summed E-state index contributed by atoms with van der Waals surface area (Å²) in [5.41, 5.74) is 18.5. The number of fused-ring (bicyclic) bond motifs is 10. The third-order valence-electron chi connectivity index (χ3n) is 20.1. The number of nitrogens with zero attached hydrogens (tertiary/aromatic N) is 4. The van der Waals surface area contributed by atoms with Crippen LogP contribution in [0.25, 0.3) is 22.3 Å². The van der Waals surface area contributed by atoms with Gasteiger partial charge in [0.1, 0.15) is 0 Å². The minimum absolute atomic E-state index is 0.210. The summed E-state index contributed by atoms with van der Waals surface area (Å²) < 4.78 is 0. The van der Waals surface area contributed by atoms with Crippen LogP contribution in [0.2, 0.25) is 5.02 Å². The predicted octanol–water partition coefficient (Wildman–Crippen LogP) is 16.9. The molecule has 4 heterocycles.